The second kappa shape index (κ2) is 5.26. The summed E-state index contributed by atoms with van der Waals surface area (Å²) in [4.78, 5) is 25.2. The number of amides is 2. The van der Waals surface area contributed by atoms with Crippen LogP contribution in [-0.2, 0) is 4.79 Å². The molecule has 19 heavy (non-hydrogen) atoms. The molecule has 0 spiro atoms. The van der Waals surface area contributed by atoms with E-state index in [4.69, 9.17) is 5.11 Å². The Bertz CT molecular complexity index is 373. The summed E-state index contributed by atoms with van der Waals surface area (Å²) in [5, 5.41) is 9.14. The second-order valence-corrected chi connectivity index (χ2v) is 4.90. The molecule has 0 radical (unpaired) electrons. The minimum absolute atomic E-state index is 0.248. The molecule has 1 N–H and O–H groups in total. The lowest BCUT2D eigenvalue weighted by Gasteiger charge is -2.34. The van der Waals surface area contributed by atoms with Crippen molar-refractivity contribution in [1.82, 2.24) is 9.80 Å². The number of carbonyl (C=O) groups is 2. The summed E-state index contributed by atoms with van der Waals surface area (Å²) in [6.45, 7) is 1.18. The van der Waals surface area contributed by atoms with Gasteiger partial charge < -0.3 is 14.9 Å². The van der Waals surface area contributed by atoms with Gasteiger partial charge in [0.25, 0.3) is 0 Å². The van der Waals surface area contributed by atoms with Gasteiger partial charge in [-0.2, -0.15) is 13.2 Å². The number of hydrogen-bond donors (Lipinski definition) is 1. The third-order valence-corrected chi connectivity index (χ3v) is 3.39. The molecule has 0 bridgehead atoms. The van der Waals surface area contributed by atoms with Gasteiger partial charge in [-0.15, -0.1) is 0 Å². The number of alkyl halides is 3. The molecule has 5 nitrogen and oxygen atoms in total. The van der Waals surface area contributed by atoms with Gasteiger partial charge in [0.1, 0.15) is 5.54 Å². The topological polar surface area (TPSA) is 60.9 Å². The van der Waals surface area contributed by atoms with E-state index >= 15 is 0 Å². The quantitative estimate of drug-likeness (QED) is 0.860. The molecule has 0 aromatic carbocycles. The van der Waals surface area contributed by atoms with Crippen molar-refractivity contribution in [3.05, 3.63) is 0 Å². The maximum atomic E-state index is 12.1. The number of carbonyl (C=O) groups excluding carboxylic acids is 1. The van der Waals surface area contributed by atoms with E-state index in [-0.39, 0.29) is 6.54 Å². The number of carboxylic acid groups (broad SMARTS) is 1. The number of aliphatic carboxylic acids is 1. The number of likely N-dealkylation sites (tertiary alicyclic amines) is 1. The summed E-state index contributed by atoms with van der Waals surface area (Å²) in [5.74, 6) is -1.14. The Morgan fingerprint density at radius 1 is 1.42 bits per heavy atom. The summed E-state index contributed by atoms with van der Waals surface area (Å²) in [7, 11) is 1.24. The standard InChI is InChI=1S/C11H17F3N2O3/c1-10(8(17)18)4-3-6-16(10)9(19)15(2)7-5-11(12,13)14/h3-7H2,1-2H3,(H,17,18). The molecule has 1 aliphatic rings. The van der Waals surface area contributed by atoms with Crippen LogP contribution in [0.1, 0.15) is 26.2 Å². The van der Waals surface area contributed by atoms with Crippen molar-refractivity contribution in [2.24, 2.45) is 0 Å². The third-order valence-electron chi connectivity index (χ3n) is 3.39. The van der Waals surface area contributed by atoms with Gasteiger partial charge in [-0.1, -0.05) is 0 Å². The van der Waals surface area contributed by atoms with E-state index < -0.39 is 36.7 Å². The van der Waals surface area contributed by atoms with Gasteiger partial charge in [0.2, 0.25) is 0 Å². The smallest absolute Gasteiger partial charge is 0.390 e. The van der Waals surface area contributed by atoms with Gasteiger partial charge in [-0.25, -0.2) is 9.59 Å². The molecule has 0 saturated carbocycles. The van der Waals surface area contributed by atoms with Crippen LogP contribution < -0.4 is 0 Å². The molecule has 1 rings (SSSR count). The maximum Gasteiger partial charge on any atom is 0.390 e. The zero-order chi connectivity index (χ0) is 14.8. The molecule has 0 aliphatic carbocycles. The molecule has 0 aromatic rings. The van der Waals surface area contributed by atoms with Crippen LogP contribution in [0.3, 0.4) is 0 Å². The predicted octanol–water partition coefficient (Wildman–Crippen LogP) is 1.93. The normalized spacial score (nSPS) is 23.5. The fraction of sp³-hybridized carbons (Fsp3) is 0.818. The molecule has 0 aromatic heterocycles. The first-order valence-corrected chi connectivity index (χ1v) is 5.91. The van der Waals surface area contributed by atoms with Gasteiger partial charge in [0.05, 0.1) is 6.42 Å². The Morgan fingerprint density at radius 3 is 2.47 bits per heavy atom. The highest BCUT2D eigenvalue weighted by atomic mass is 19.4. The number of hydrogen-bond acceptors (Lipinski definition) is 2. The van der Waals surface area contributed by atoms with E-state index in [0.717, 1.165) is 9.80 Å². The fourth-order valence-electron chi connectivity index (χ4n) is 2.09. The molecule has 2 amide bonds. The Hall–Kier alpha value is -1.47. The van der Waals surface area contributed by atoms with Crippen LogP contribution in [0.4, 0.5) is 18.0 Å². The van der Waals surface area contributed by atoms with Crippen LogP contribution in [0.2, 0.25) is 0 Å². The van der Waals surface area contributed by atoms with E-state index in [1.165, 1.54) is 14.0 Å². The minimum Gasteiger partial charge on any atom is -0.480 e. The van der Waals surface area contributed by atoms with Crippen molar-refractivity contribution in [2.45, 2.75) is 37.9 Å². The average molecular weight is 282 g/mol. The van der Waals surface area contributed by atoms with Gasteiger partial charge in [-0.05, 0) is 19.8 Å². The first-order valence-electron chi connectivity index (χ1n) is 5.91. The molecule has 110 valence electrons. The molecule has 1 aliphatic heterocycles. The van der Waals surface area contributed by atoms with Crippen LogP contribution in [0.5, 0.6) is 0 Å². The number of urea groups is 1. The number of carboxylic acids is 1. The highest BCUT2D eigenvalue weighted by molar-refractivity contribution is 5.86. The molecule has 1 unspecified atom stereocenters. The summed E-state index contributed by atoms with van der Waals surface area (Å²) in [6.07, 6.45) is -4.61. The van der Waals surface area contributed by atoms with Crippen molar-refractivity contribution in [2.75, 3.05) is 20.1 Å². The summed E-state index contributed by atoms with van der Waals surface area (Å²) in [6, 6.07) is -0.674. The van der Waals surface area contributed by atoms with Crippen molar-refractivity contribution >= 4 is 12.0 Å². The Morgan fingerprint density at radius 2 is 2.00 bits per heavy atom. The van der Waals surface area contributed by atoms with Crippen LogP contribution in [-0.4, -0.2) is 58.8 Å². The lowest BCUT2D eigenvalue weighted by molar-refractivity contribution is -0.148. The van der Waals surface area contributed by atoms with Crippen LogP contribution in [0.25, 0.3) is 0 Å². The SMILES string of the molecule is CN(CCC(F)(F)F)C(=O)N1CCCC1(C)C(=O)O. The van der Waals surface area contributed by atoms with E-state index in [2.05, 4.69) is 0 Å². The third kappa shape index (κ3) is 3.51. The van der Waals surface area contributed by atoms with Gasteiger partial charge >= 0.3 is 18.2 Å². The Kier molecular flexibility index (Phi) is 4.32. The predicted molar refractivity (Wildman–Crippen MR) is 60.7 cm³/mol. The largest absolute Gasteiger partial charge is 0.480 e. The van der Waals surface area contributed by atoms with Crippen LogP contribution in [0.15, 0.2) is 0 Å². The first kappa shape index (κ1) is 15.6. The minimum atomic E-state index is -4.34. The number of rotatable bonds is 3. The highest BCUT2D eigenvalue weighted by Gasteiger charge is 2.46. The zero-order valence-electron chi connectivity index (χ0n) is 10.8. The second-order valence-electron chi connectivity index (χ2n) is 4.90. The Balaban J connectivity index is 2.69. The van der Waals surface area contributed by atoms with Crippen molar-refractivity contribution < 1.29 is 27.9 Å². The van der Waals surface area contributed by atoms with Gasteiger partial charge in [0, 0.05) is 20.1 Å². The highest BCUT2D eigenvalue weighted by Crippen LogP contribution is 2.30. The molecule has 1 heterocycles. The van der Waals surface area contributed by atoms with Gasteiger partial charge in [-0.3, -0.25) is 0 Å². The van der Waals surface area contributed by atoms with Gasteiger partial charge in [0.15, 0.2) is 0 Å². The molecule has 1 saturated heterocycles. The summed E-state index contributed by atoms with van der Waals surface area (Å²) < 4.78 is 36.3. The fourth-order valence-corrected chi connectivity index (χ4v) is 2.09. The zero-order valence-corrected chi connectivity index (χ0v) is 10.8. The van der Waals surface area contributed by atoms with Crippen LogP contribution >= 0.6 is 0 Å². The molecule has 8 heteroatoms. The number of halogens is 3. The average Bonchev–Trinajstić information content (AvgIpc) is 2.67. The van der Waals surface area contributed by atoms with E-state index in [0.29, 0.717) is 12.8 Å². The molecular weight excluding hydrogens is 265 g/mol. The van der Waals surface area contributed by atoms with Crippen molar-refractivity contribution in [1.29, 1.82) is 0 Å². The molecule has 1 fully saturated rings. The van der Waals surface area contributed by atoms with E-state index in [9.17, 15) is 22.8 Å². The van der Waals surface area contributed by atoms with E-state index in [1.807, 2.05) is 0 Å². The summed E-state index contributed by atoms with van der Waals surface area (Å²) in [5.41, 5.74) is -1.33. The monoisotopic (exact) mass is 282 g/mol. The molecular formula is C11H17F3N2O3. The van der Waals surface area contributed by atoms with E-state index in [1.54, 1.807) is 0 Å². The lowest BCUT2D eigenvalue weighted by Crippen LogP contribution is -2.54. The van der Waals surface area contributed by atoms with Crippen molar-refractivity contribution in [3.63, 3.8) is 0 Å². The van der Waals surface area contributed by atoms with Crippen LogP contribution in [0, 0.1) is 0 Å². The first-order chi connectivity index (χ1) is 8.58. The number of nitrogens with zero attached hydrogens (tertiary/aromatic N) is 2. The lowest BCUT2D eigenvalue weighted by atomic mass is 10.00. The Labute approximate surface area is 109 Å². The summed E-state index contributed by atoms with van der Waals surface area (Å²) >= 11 is 0. The molecule has 1 atom stereocenters. The van der Waals surface area contributed by atoms with Crippen molar-refractivity contribution in [3.8, 4) is 0 Å². The maximum absolute atomic E-state index is 12.1.